The highest BCUT2D eigenvalue weighted by Gasteiger charge is 2.24. The molecular formula is C19H24N4O2. The molecule has 1 aliphatic carbocycles. The zero-order chi connectivity index (χ0) is 17.4. The zero-order valence-corrected chi connectivity index (χ0v) is 15.1. The summed E-state index contributed by atoms with van der Waals surface area (Å²) in [7, 11) is 3.28. The summed E-state index contributed by atoms with van der Waals surface area (Å²) in [5.74, 6) is 3.91. The topological polar surface area (TPSA) is 61.5 Å². The lowest BCUT2D eigenvalue weighted by Crippen LogP contribution is -2.12. The van der Waals surface area contributed by atoms with Crippen LogP contribution in [0.2, 0.25) is 0 Å². The van der Waals surface area contributed by atoms with E-state index in [1.54, 1.807) is 14.2 Å². The van der Waals surface area contributed by atoms with Crippen molar-refractivity contribution in [3.63, 3.8) is 0 Å². The molecule has 1 aliphatic rings. The van der Waals surface area contributed by atoms with Crippen molar-refractivity contribution in [2.75, 3.05) is 14.2 Å². The van der Waals surface area contributed by atoms with Crippen molar-refractivity contribution in [2.45, 2.75) is 51.4 Å². The second kappa shape index (κ2) is 6.50. The van der Waals surface area contributed by atoms with Gasteiger partial charge in [0.2, 0.25) is 0 Å². The number of benzene rings is 1. The maximum absolute atomic E-state index is 5.46. The third kappa shape index (κ3) is 2.60. The number of aromatic nitrogens is 4. The maximum Gasteiger partial charge on any atom is 0.171 e. The van der Waals surface area contributed by atoms with Gasteiger partial charge in [0.1, 0.15) is 11.6 Å². The summed E-state index contributed by atoms with van der Waals surface area (Å²) in [6.45, 7) is 2.12. The van der Waals surface area contributed by atoms with E-state index in [2.05, 4.69) is 21.5 Å². The number of hydrogen-bond donors (Lipinski definition) is 0. The van der Waals surface area contributed by atoms with Crippen LogP contribution in [0.1, 0.15) is 56.6 Å². The lowest BCUT2D eigenvalue weighted by molar-refractivity contribution is 0.356. The van der Waals surface area contributed by atoms with Crippen molar-refractivity contribution in [1.29, 1.82) is 0 Å². The third-order valence-corrected chi connectivity index (χ3v) is 5.23. The smallest absolute Gasteiger partial charge is 0.171 e. The minimum atomic E-state index is 0.480. The molecule has 0 amide bonds. The molecule has 25 heavy (non-hydrogen) atoms. The number of methoxy groups -OCH3 is 2. The van der Waals surface area contributed by atoms with Crippen molar-refractivity contribution in [3.05, 3.63) is 23.8 Å². The first kappa shape index (κ1) is 16.1. The first-order valence-corrected chi connectivity index (χ1v) is 9.06. The second-order valence-electron chi connectivity index (χ2n) is 6.66. The SMILES string of the molecule is CCc1nc2cc(OC)c(OC)cc2c2nnc(C3CCCCC3)n12. The van der Waals surface area contributed by atoms with Gasteiger partial charge in [0.25, 0.3) is 0 Å². The molecule has 1 aromatic carbocycles. The molecule has 3 aromatic rings. The van der Waals surface area contributed by atoms with E-state index in [0.29, 0.717) is 17.4 Å². The zero-order valence-electron chi connectivity index (χ0n) is 15.1. The highest BCUT2D eigenvalue weighted by Crippen LogP contribution is 2.36. The van der Waals surface area contributed by atoms with Gasteiger partial charge in [-0.2, -0.15) is 0 Å². The minimum Gasteiger partial charge on any atom is -0.493 e. The fraction of sp³-hybridized carbons (Fsp3) is 0.526. The predicted molar refractivity (Wildman–Crippen MR) is 96.6 cm³/mol. The van der Waals surface area contributed by atoms with Crippen LogP contribution in [0, 0.1) is 0 Å². The third-order valence-electron chi connectivity index (χ3n) is 5.23. The van der Waals surface area contributed by atoms with Crippen LogP contribution < -0.4 is 9.47 Å². The van der Waals surface area contributed by atoms with E-state index in [4.69, 9.17) is 14.5 Å². The highest BCUT2D eigenvalue weighted by atomic mass is 16.5. The van der Waals surface area contributed by atoms with Crippen molar-refractivity contribution in [2.24, 2.45) is 0 Å². The largest absolute Gasteiger partial charge is 0.493 e. The average molecular weight is 340 g/mol. The quantitative estimate of drug-likeness (QED) is 0.721. The number of fused-ring (bicyclic) bond motifs is 3. The number of nitrogens with zero attached hydrogens (tertiary/aromatic N) is 4. The van der Waals surface area contributed by atoms with Crippen molar-refractivity contribution in [1.82, 2.24) is 19.6 Å². The number of aryl methyl sites for hydroxylation is 1. The number of ether oxygens (including phenoxy) is 2. The van der Waals surface area contributed by atoms with Crippen LogP contribution in [0.3, 0.4) is 0 Å². The van der Waals surface area contributed by atoms with E-state index in [-0.39, 0.29) is 0 Å². The molecule has 132 valence electrons. The average Bonchev–Trinajstić information content (AvgIpc) is 3.12. The van der Waals surface area contributed by atoms with Gasteiger partial charge < -0.3 is 9.47 Å². The molecule has 1 saturated carbocycles. The van der Waals surface area contributed by atoms with E-state index in [1.807, 2.05) is 12.1 Å². The summed E-state index contributed by atoms with van der Waals surface area (Å²) in [5, 5.41) is 10.1. The Morgan fingerprint density at radius 2 is 1.76 bits per heavy atom. The molecule has 4 rings (SSSR count). The van der Waals surface area contributed by atoms with E-state index < -0.39 is 0 Å². The lowest BCUT2D eigenvalue weighted by Gasteiger charge is -2.20. The van der Waals surface area contributed by atoms with Crippen LogP contribution in [0.25, 0.3) is 16.6 Å². The molecule has 0 bridgehead atoms. The lowest BCUT2D eigenvalue weighted by atomic mass is 9.89. The summed E-state index contributed by atoms with van der Waals surface area (Å²) in [4.78, 5) is 4.88. The molecular weight excluding hydrogens is 316 g/mol. The van der Waals surface area contributed by atoms with E-state index in [9.17, 15) is 0 Å². The van der Waals surface area contributed by atoms with Gasteiger partial charge in [-0.25, -0.2) is 4.98 Å². The first-order chi connectivity index (χ1) is 12.3. The Bertz CT molecular complexity index is 913. The Kier molecular flexibility index (Phi) is 4.19. The maximum atomic E-state index is 5.46. The molecule has 6 heteroatoms. The Morgan fingerprint density at radius 1 is 1.04 bits per heavy atom. The fourth-order valence-electron chi connectivity index (χ4n) is 3.92. The van der Waals surface area contributed by atoms with Gasteiger partial charge >= 0.3 is 0 Å². The number of hydrogen-bond acceptors (Lipinski definition) is 5. The summed E-state index contributed by atoms with van der Waals surface area (Å²) < 4.78 is 13.1. The Hall–Kier alpha value is -2.37. The monoisotopic (exact) mass is 340 g/mol. The van der Waals surface area contributed by atoms with Gasteiger partial charge in [-0.05, 0) is 18.9 Å². The van der Waals surface area contributed by atoms with Gasteiger partial charge in [0.15, 0.2) is 17.1 Å². The molecule has 0 saturated heterocycles. The van der Waals surface area contributed by atoms with Crippen molar-refractivity contribution < 1.29 is 9.47 Å². The molecule has 0 aliphatic heterocycles. The molecule has 0 atom stereocenters. The molecule has 0 N–H and O–H groups in total. The van der Waals surface area contributed by atoms with Gasteiger partial charge in [-0.3, -0.25) is 4.40 Å². The van der Waals surface area contributed by atoms with Crippen LogP contribution in [0.4, 0.5) is 0 Å². The molecule has 0 unspecified atom stereocenters. The standard InChI is InChI=1S/C19H24N4O2/c1-4-17-20-14-11-16(25-3)15(24-2)10-13(14)19-22-21-18(23(17)19)12-8-6-5-7-9-12/h10-12H,4-9H2,1-3H3. The molecule has 0 spiro atoms. The molecule has 2 heterocycles. The molecule has 2 aromatic heterocycles. The second-order valence-corrected chi connectivity index (χ2v) is 6.66. The Morgan fingerprint density at radius 3 is 2.44 bits per heavy atom. The van der Waals surface area contributed by atoms with Crippen LogP contribution in [-0.2, 0) is 6.42 Å². The van der Waals surface area contributed by atoms with E-state index in [0.717, 1.165) is 34.6 Å². The molecule has 1 fully saturated rings. The summed E-state index contributed by atoms with van der Waals surface area (Å²) >= 11 is 0. The van der Waals surface area contributed by atoms with Gasteiger partial charge in [0.05, 0.1) is 19.7 Å². The highest BCUT2D eigenvalue weighted by molar-refractivity contribution is 5.93. The van der Waals surface area contributed by atoms with Crippen molar-refractivity contribution >= 4 is 16.6 Å². The summed E-state index contributed by atoms with van der Waals surface area (Å²) in [6, 6.07) is 3.87. The van der Waals surface area contributed by atoms with Crippen LogP contribution in [0.5, 0.6) is 11.5 Å². The first-order valence-electron chi connectivity index (χ1n) is 9.06. The molecule has 6 nitrogen and oxygen atoms in total. The Labute approximate surface area is 147 Å². The Balaban J connectivity index is 1.98. The van der Waals surface area contributed by atoms with Crippen LogP contribution >= 0.6 is 0 Å². The van der Waals surface area contributed by atoms with Gasteiger partial charge in [-0.15, -0.1) is 10.2 Å². The number of rotatable bonds is 4. The normalized spacial score (nSPS) is 15.8. The van der Waals surface area contributed by atoms with E-state index in [1.165, 1.54) is 32.1 Å². The summed E-state index contributed by atoms with van der Waals surface area (Å²) in [5.41, 5.74) is 1.73. The summed E-state index contributed by atoms with van der Waals surface area (Å²) in [6.07, 6.45) is 7.08. The minimum absolute atomic E-state index is 0.480. The van der Waals surface area contributed by atoms with E-state index >= 15 is 0 Å². The van der Waals surface area contributed by atoms with Crippen LogP contribution in [0.15, 0.2) is 12.1 Å². The van der Waals surface area contributed by atoms with Crippen LogP contribution in [-0.4, -0.2) is 33.8 Å². The van der Waals surface area contributed by atoms with Crippen molar-refractivity contribution in [3.8, 4) is 11.5 Å². The van der Waals surface area contributed by atoms with Gasteiger partial charge in [0, 0.05) is 23.8 Å². The molecule has 0 radical (unpaired) electrons. The predicted octanol–water partition coefficient (Wildman–Crippen LogP) is 3.90. The van der Waals surface area contributed by atoms with Gasteiger partial charge in [-0.1, -0.05) is 26.2 Å². The fourth-order valence-corrected chi connectivity index (χ4v) is 3.92.